The highest BCUT2D eigenvalue weighted by molar-refractivity contribution is 6.07. The van der Waals surface area contributed by atoms with Crippen LogP contribution in [0.1, 0.15) is 64.2 Å². The first-order valence-electron chi connectivity index (χ1n) is 12.8. The lowest BCUT2D eigenvalue weighted by Gasteiger charge is -2.49. The first-order valence-corrected chi connectivity index (χ1v) is 12.8. The molecule has 2 amide bonds. The number of para-hydroxylation sites is 1. The van der Waals surface area contributed by atoms with Gasteiger partial charge in [0.15, 0.2) is 5.72 Å². The van der Waals surface area contributed by atoms with E-state index < -0.39 is 5.72 Å². The van der Waals surface area contributed by atoms with Crippen molar-refractivity contribution in [2.24, 2.45) is 0 Å². The number of benzene rings is 2. The number of aromatic nitrogens is 1. The molecule has 7 nitrogen and oxygen atoms in total. The van der Waals surface area contributed by atoms with E-state index in [1.807, 2.05) is 89.2 Å². The van der Waals surface area contributed by atoms with Gasteiger partial charge in [0.2, 0.25) is 0 Å². The van der Waals surface area contributed by atoms with Crippen LogP contribution in [0.2, 0.25) is 0 Å². The molecule has 2 aromatic carbocycles. The fraction of sp³-hybridized carbons (Fsp3) is 0.414. The highest BCUT2D eigenvalue weighted by atomic mass is 16.6. The Balaban J connectivity index is 0.00000148. The van der Waals surface area contributed by atoms with Crippen LogP contribution < -0.4 is 10.1 Å². The molecule has 1 N–H and O–H groups in total. The van der Waals surface area contributed by atoms with Gasteiger partial charge in [0.25, 0.3) is 5.91 Å². The van der Waals surface area contributed by atoms with Crippen LogP contribution in [0.4, 0.5) is 4.79 Å². The Morgan fingerprint density at radius 3 is 2.53 bits per heavy atom. The Morgan fingerprint density at radius 2 is 1.86 bits per heavy atom. The highest BCUT2D eigenvalue weighted by Crippen LogP contribution is 2.37. The predicted octanol–water partition coefficient (Wildman–Crippen LogP) is 6.17. The Hall–Kier alpha value is -3.61. The van der Waals surface area contributed by atoms with E-state index >= 15 is 0 Å². The van der Waals surface area contributed by atoms with Crippen LogP contribution in [0, 0.1) is 0 Å². The number of ether oxygens (including phenoxy) is 2. The number of carbonyl (C=O) groups is 2. The average Bonchev–Trinajstić information content (AvgIpc) is 3.31. The predicted molar refractivity (Wildman–Crippen MR) is 141 cm³/mol. The number of nitrogens with zero attached hydrogens (tertiary/aromatic N) is 2. The second-order valence-electron chi connectivity index (χ2n) is 9.35. The summed E-state index contributed by atoms with van der Waals surface area (Å²) in [6.45, 7) is 10.3. The van der Waals surface area contributed by atoms with Gasteiger partial charge in [0, 0.05) is 23.0 Å². The fourth-order valence-corrected chi connectivity index (χ4v) is 5.07. The molecule has 190 valence electrons. The lowest BCUT2D eigenvalue weighted by Crippen LogP contribution is -2.65. The second-order valence-corrected chi connectivity index (χ2v) is 9.35. The molecule has 1 aromatic heterocycles. The van der Waals surface area contributed by atoms with Crippen molar-refractivity contribution >= 4 is 22.9 Å². The summed E-state index contributed by atoms with van der Waals surface area (Å²) in [7, 11) is 0. The molecule has 0 spiro atoms. The molecular formula is C29H35N3O4. The van der Waals surface area contributed by atoms with Crippen LogP contribution in [0.15, 0.2) is 54.6 Å². The van der Waals surface area contributed by atoms with E-state index in [4.69, 9.17) is 14.5 Å². The van der Waals surface area contributed by atoms with E-state index in [1.165, 1.54) is 0 Å². The number of carbonyl (C=O) groups excluding carboxylic acids is 2. The second kappa shape index (κ2) is 10.6. The van der Waals surface area contributed by atoms with Crippen molar-refractivity contribution < 1.29 is 19.1 Å². The third kappa shape index (κ3) is 5.01. The molecular weight excluding hydrogens is 454 g/mol. The molecule has 2 unspecified atom stereocenters. The van der Waals surface area contributed by atoms with E-state index in [9.17, 15) is 9.59 Å². The van der Waals surface area contributed by atoms with Crippen molar-refractivity contribution in [3.63, 3.8) is 0 Å². The van der Waals surface area contributed by atoms with Gasteiger partial charge in [-0.1, -0.05) is 32.0 Å². The van der Waals surface area contributed by atoms with Crippen molar-refractivity contribution in [1.82, 2.24) is 15.2 Å². The van der Waals surface area contributed by atoms with Gasteiger partial charge in [0.05, 0.1) is 23.4 Å². The molecule has 3 aromatic rings. The van der Waals surface area contributed by atoms with Gasteiger partial charge in [-0.15, -0.1) is 0 Å². The van der Waals surface area contributed by atoms with E-state index in [0.29, 0.717) is 12.2 Å². The highest BCUT2D eigenvalue weighted by Gasteiger charge is 2.51. The summed E-state index contributed by atoms with van der Waals surface area (Å²) < 4.78 is 10.8. The molecule has 0 radical (unpaired) electrons. The maximum absolute atomic E-state index is 13.4. The molecule has 5 rings (SSSR count). The molecule has 1 saturated carbocycles. The Morgan fingerprint density at radius 1 is 1.14 bits per heavy atom. The van der Waals surface area contributed by atoms with Crippen molar-refractivity contribution in [2.75, 3.05) is 6.61 Å². The van der Waals surface area contributed by atoms with E-state index in [-0.39, 0.29) is 24.1 Å². The third-order valence-corrected chi connectivity index (χ3v) is 6.64. The van der Waals surface area contributed by atoms with E-state index in [2.05, 4.69) is 5.32 Å². The zero-order valence-corrected chi connectivity index (χ0v) is 21.7. The van der Waals surface area contributed by atoms with E-state index in [1.54, 1.807) is 4.90 Å². The van der Waals surface area contributed by atoms with Gasteiger partial charge in [0.1, 0.15) is 5.75 Å². The maximum atomic E-state index is 13.4. The summed E-state index contributed by atoms with van der Waals surface area (Å²) in [6, 6.07) is 17.4. The fourth-order valence-electron chi connectivity index (χ4n) is 5.07. The van der Waals surface area contributed by atoms with Gasteiger partial charge < -0.3 is 14.8 Å². The minimum Gasteiger partial charge on any atom is -0.494 e. The normalized spacial score (nSPS) is 20.1. The number of hydrogen-bond donors (Lipinski definition) is 1. The number of fused-ring (bicyclic) bond motifs is 1. The minimum absolute atomic E-state index is 0.00236. The number of hydrogen-bond acceptors (Lipinski definition) is 5. The van der Waals surface area contributed by atoms with Crippen molar-refractivity contribution in [3.05, 3.63) is 60.2 Å². The summed E-state index contributed by atoms with van der Waals surface area (Å²) >= 11 is 0. The average molecular weight is 490 g/mol. The topological polar surface area (TPSA) is 80.8 Å². The first kappa shape index (κ1) is 25.5. The zero-order valence-electron chi connectivity index (χ0n) is 21.7. The van der Waals surface area contributed by atoms with Crippen molar-refractivity contribution in [3.8, 4) is 17.0 Å². The Bertz CT molecular complexity index is 1240. The number of rotatable bonds is 6. The molecule has 0 bridgehead atoms. The van der Waals surface area contributed by atoms with Crippen LogP contribution in [-0.4, -0.2) is 46.3 Å². The van der Waals surface area contributed by atoms with Gasteiger partial charge in [-0.25, -0.2) is 9.78 Å². The van der Waals surface area contributed by atoms with Gasteiger partial charge in [-0.3, -0.25) is 9.69 Å². The molecule has 1 aliphatic carbocycles. The first-order chi connectivity index (χ1) is 17.4. The lowest BCUT2D eigenvalue weighted by molar-refractivity contribution is -0.178. The van der Waals surface area contributed by atoms with Crippen molar-refractivity contribution in [2.45, 2.75) is 71.7 Å². The summed E-state index contributed by atoms with van der Waals surface area (Å²) in [5, 5.41) is 4.02. The maximum Gasteiger partial charge on any atom is 0.415 e. The lowest BCUT2D eigenvalue weighted by atomic mass is 10.0. The van der Waals surface area contributed by atoms with Gasteiger partial charge in [-0.05, 0) is 76.4 Å². The molecule has 2 aliphatic rings. The summed E-state index contributed by atoms with van der Waals surface area (Å²) in [6.07, 6.45) is 2.12. The largest absolute Gasteiger partial charge is 0.494 e. The standard InChI is InChI=1S/C27H29N3O4.C2H6/c1-4-33-20-13-9-17(10-14-20)24-16-22(21-7-5-6-8-23(21)29-24)25(31)28-18-11-12-19(15-18)30-26(32)34-27(30,2)3;1-2/h5-10,13-14,16,18-19H,4,11-12,15H2,1-3H3,(H,28,31);1-2H3. The monoisotopic (exact) mass is 489 g/mol. The number of nitrogens with one attached hydrogen (secondary N) is 1. The Labute approximate surface area is 212 Å². The van der Waals surface area contributed by atoms with Gasteiger partial charge in [-0.2, -0.15) is 0 Å². The third-order valence-electron chi connectivity index (χ3n) is 6.64. The van der Waals surface area contributed by atoms with Crippen LogP contribution >= 0.6 is 0 Å². The smallest absolute Gasteiger partial charge is 0.415 e. The molecule has 2 heterocycles. The summed E-state index contributed by atoms with van der Waals surface area (Å²) in [5.41, 5.74) is 2.45. The van der Waals surface area contributed by atoms with E-state index in [0.717, 1.165) is 47.2 Å². The molecule has 7 heteroatoms. The SMILES string of the molecule is CC.CCOc1ccc(-c2cc(C(=O)NC3CCC(N4C(=O)OC4(C)C)C3)c3ccccc3n2)cc1. The molecule has 1 aliphatic heterocycles. The molecule has 2 fully saturated rings. The van der Waals surface area contributed by atoms with Gasteiger partial charge >= 0.3 is 6.09 Å². The Kier molecular flexibility index (Phi) is 7.48. The molecule has 1 saturated heterocycles. The molecule has 2 atom stereocenters. The summed E-state index contributed by atoms with van der Waals surface area (Å²) in [5.74, 6) is 0.678. The quantitative estimate of drug-likeness (QED) is 0.448. The molecule has 36 heavy (non-hydrogen) atoms. The number of cyclic esters (lactones) is 1. The van der Waals surface area contributed by atoms with Crippen LogP contribution in [0.3, 0.4) is 0 Å². The number of amides is 2. The minimum atomic E-state index is -0.575. The summed E-state index contributed by atoms with van der Waals surface area (Å²) in [4.78, 5) is 32.0. The van der Waals surface area contributed by atoms with Crippen LogP contribution in [0.5, 0.6) is 5.75 Å². The van der Waals surface area contributed by atoms with Crippen molar-refractivity contribution in [1.29, 1.82) is 0 Å². The van der Waals surface area contributed by atoms with Crippen LogP contribution in [-0.2, 0) is 4.74 Å². The van der Waals surface area contributed by atoms with Crippen LogP contribution in [0.25, 0.3) is 22.2 Å². The zero-order chi connectivity index (χ0) is 25.9. The number of pyridine rings is 1.